The monoisotopic (exact) mass is 844 g/mol. The number of methoxy groups -OCH3 is 2. The number of fused-ring (bicyclic) bond motifs is 1. The SMILES string of the molecule is CCC1OC(=O)C(C)C(OC2CC(C)(OC)C(O)C(C)O2)C(C)C(OC2OC(C)CC(N(C)C)C2O)C(C)(OC)CC(C)C(=O)C(C)C2N(CC(C)(C)N)C(=O)OC12C. The molecule has 0 aromatic heterocycles. The number of cyclic esters (lactones) is 1. The second-order valence-electron chi connectivity index (χ2n) is 19.6. The highest BCUT2D eigenvalue weighted by atomic mass is 16.7. The van der Waals surface area contributed by atoms with Gasteiger partial charge in [0, 0.05) is 56.5 Å². The van der Waals surface area contributed by atoms with Crippen LogP contribution in [0.15, 0.2) is 0 Å². The van der Waals surface area contributed by atoms with E-state index in [9.17, 15) is 24.6 Å². The van der Waals surface area contributed by atoms with E-state index in [1.807, 2.05) is 53.6 Å². The zero-order valence-corrected chi connectivity index (χ0v) is 38.6. The molecule has 1 amide bonds. The Morgan fingerprint density at radius 3 is 2.07 bits per heavy atom. The Hall–Kier alpha value is -1.99. The van der Waals surface area contributed by atoms with Gasteiger partial charge in [-0.25, -0.2) is 4.79 Å². The summed E-state index contributed by atoms with van der Waals surface area (Å²) in [6, 6.07) is -1.14. The average molecular weight is 844 g/mol. The average Bonchev–Trinajstić information content (AvgIpc) is 3.40. The van der Waals surface area contributed by atoms with Gasteiger partial charge in [-0.3, -0.25) is 14.5 Å². The number of nitrogens with two attached hydrogens (primary N) is 1. The van der Waals surface area contributed by atoms with Gasteiger partial charge in [0.25, 0.3) is 0 Å². The van der Waals surface area contributed by atoms with E-state index in [-0.39, 0.29) is 43.7 Å². The van der Waals surface area contributed by atoms with Crippen molar-refractivity contribution in [2.75, 3.05) is 34.9 Å². The van der Waals surface area contributed by atoms with E-state index in [0.29, 0.717) is 6.42 Å². The largest absolute Gasteiger partial charge is 0.458 e. The second kappa shape index (κ2) is 18.8. The summed E-state index contributed by atoms with van der Waals surface area (Å²) < 4.78 is 51.1. The summed E-state index contributed by atoms with van der Waals surface area (Å²) >= 11 is 0. The fourth-order valence-corrected chi connectivity index (χ4v) is 10.2. The van der Waals surface area contributed by atoms with Crippen LogP contribution in [-0.2, 0) is 47.5 Å². The number of ether oxygens (including phenoxy) is 8. The van der Waals surface area contributed by atoms with Crippen molar-refractivity contribution < 1.29 is 62.5 Å². The lowest BCUT2D eigenvalue weighted by atomic mass is 9.73. The van der Waals surface area contributed by atoms with Gasteiger partial charge in [-0.1, -0.05) is 27.7 Å². The van der Waals surface area contributed by atoms with Crippen LogP contribution in [0, 0.1) is 23.7 Å². The first-order chi connectivity index (χ1) is 27.2. The Kier molecular flexibility index (Phi) is 15.8. The molecule has 59 heavy (non-hydrogen) atoms. The van der Waals surface area contributed by atoms with Crippen molar-refractivity contribution >= 4 is 17.8 Å². The van der Waals surface area contributed by atoms with Gasteiger partial charge in [0.15, 0.2) is 18.2 Å². The molecule has 0 radical (unpaired) electrons. The molecular formula is C43H77N3O13. The molecule has 4 aliphatic rings. The molecule has 18 atom stereocenters. The molecule has 342 valence electrons. The van der Waals surface area contributed by atoms with Crippen LogP contribution < -0.4 is 5.73 Å². The molecule has 0 aromatic rings. The normalized spacial score (nSPS) is 45.8. The fraction of sp³-hybridized carbons (Fsp3) is 0.930. The molecule has 4 rings (SSSR count). The minimum absolute atomic E-state index is 0.0863. The standard InChI is InChI=1S/C43H77N3O13/c1-17-29-43(12)34(46(39(51)59-43)21-40(8,9)44)24(4)31(47)22(2)19-42(11,53-16)36(58-38-32(48)28(45(13)14)18-23(3)54-38)25(5)33(26(6)37(50)56-29)57-30-20-41(10,52-15)35(49)27(7)55-30/h22-30,32-36,38,48-49H,17-21,44H2,1-16H3. The Bertz CT molecular complexity index is 1460. The van der Waals surface area contributed by atoms with Gasteiger partial charge in [-0.05, 0) is 88.7 Å². The zero-order valence-electron chi connectivity index (χ0n) is 38.6. The highest BCUT2D eigenvalue weighted by molar-refractivity contribution is 5.85. The number of hydrogen-bond donors (Lipinski definition) is 3. The molecule has 4 saturated heterocycles. The maximum atomic E-state index is 14.8. The molecule has 4 N–H and O–H groups in total. The number of carbonyl (C=O) groups excluding carboxylic acids is 3. The maximum Gasteiger partial charge on any atom is 0.411 e. The lowest BCUT2D eigenvalue weighted by Crippen LogP contribution is -2.62. The molecule has 0 aliphatic carbocycles. The number of Topliss-reactive ketones (excluding diaryl/α,β-unsaturated/α-hetero) is 1. The number of carbonyl (C=O) groups is 3. The number of aliphatic hydroxyl groups is 2. The molecule has 16 heteroatoms. The van der Waals surface area contributed by atoms with E-state index in [0.717, 1.165) is 0 Å². The lowest BCUT2D eigenvalue weighted by Gasteiger charge is -2.50. The smallest absolute Gasteiger partial charge is 0.411 e. The van der Waals surface area contributed by atoms with E-state index in [1.165, 1.54) is 12.0 Å². The number of amides is 1. The first-order valence-corrected chi connectivity index (χ1v) is 21.5. The van der Waals surface area contributed by atoms with E-state index in [4.69, 9.17) is 43.6 Å². The minimum atomic E-state index is -1.43. The van der Waals surface area contributed by atoms with Crippen molar-refractivity contribution in [1.82, 2.24) is 9.80 Å². The van der Waals surface area contributed by atoms with Crippen LogP contribution in [0.3, 0.4) is 0 Å². The van der Waals surface area contributed by atoms with E-state index in [2.05, 4.69) is 0 Å². The quantitative estimate of drug-likeness (QED) is 0.269. The summed E-state index contributed by atoms with van der Waals surface area (Å²) in [4.78, 5) is 46.8. The van der Waals surface area contributed by atoms with Crippen molar-refractivity contribution in [3.8, 4) is 0 Å². The van der Waals surface area contributed by atoms with Crippen LogP contribution in [0.1, 0.15) is 109 Å². The number of likely N-dealkylation sites (N-methyl/N-ethyl adjacent to an activating group) is 1. The van der Waals surface area contributed by atoms with Gasteiger partial charge >= 0.3 is 12.1 Å². The van der Waals surface area contributed by atoms with Crippen molar-refractivity contribution in [3.05, 3.63) is 0 Å². The van der Waals surface area contributed by atoms with Crippen molar-refractivity contribution in [2.45, 2.75) is 199 Å². The highest BCUT2D eigenvalue weighted by Crippen LogP contribution is 2.45. The number of nitrogens with zero attached hydrogens (tertiary/aromatic N) is 2. The first-order valence-electron chi connectivity index (χ1n) is 21.5. The number of hydrogen-bond acceptors (Lipinski definition) is 15. The van der Waals surface area contributed by atoms with E-state index < -0.39 is 113 Å². The van der Waals surface area contributed by atoms with Crippen molar-refractivity contribution in [2.24, 2.45) is 29.4 Å². The third-order valence-electron chi connectivity index (χ3n) is 13.7. The molecule has 18 unspecified atom stereocenters. The summed E-state index contributed by atoms with van der Waals surface area (Å²) in [5.74, 6) is -3.95. The molecule has 16 nitrogen and oxygen atoms in total. The molecule has 0 saturated carbocycles. The van der Waals surface area contributed by atoms with Crippen LogP contribution in [-0.4, -0.2) is 162 Å². The van der Waals surface area contributed by atoms with Gasteiger partial charge in [0.2, 0.25) is 0 Å². The Labute approximate surface area is 352 Å². The van der Waals surface area contributed by atoms with Crippen molar-refractivity contribution in [1.29, 1.82) is 0 Å². The fourth-order valence-electron chi connectivity index (χ4n) is 10.2. The van der Waals surface area contributed by atoms with Crippen LogP contribution in [0.25, 0.3) is 0 Å². The zero-order chi connectivity index (χ0) is 44.7. The number of ketones is 1. The number of aliphatic hydroxyl groups excluding tert-OH is 2. The Morgan fingerprint density at radius 2 is 1.53 bits per heavy atom. The van der Waals surface area contributed by atoms with Crippen LogP contribution in [0.5, 0.6) is 0 Å². The summed E-state index contributed by atoms with van der Waals surface area (Å²) in [6.07, 6.45) is -7.52. The first kappa shape index (κ1) is 49.7. The molecule has 4 fully saturated rings. The van der Waals surface area contributed by atoms with Gasteiger partial charge in [-0.2, -0.15) is 0 Å². The van der Waals surface area contributed by atoms with Gasteiger partial charge in [-0.15, -0.1) is 0 Å². The van der Waals surface area contributed by atoms with E-state index >= 15 is 0 Å². The molecule has 0 bridgehead atoms. The van der Waals surface area contributed by atoms with E-state index in [1.54, 1.807) is 55.6 Å². The van der Waals surface area contributed by atoms with Gasteiger partial charge in [0.05, 0.1) is 47.6 Å². The maximum absolute atomic E-state index is 14.8. The molecule has 0 spiro atoms. The van der Waals surface area contributed by atoms with Crippen LogP contribution in [0.4, 0.5) is 4.79 Å². The highest BCUT2D eigenvalue weighted by Gasteiger charge is 2.61. The van der Waals surface area contributed by atoms with Gasteiger partial charge in [0.1, 0.15) is 24.1 Å². The predicted octanol–water partition coefficient (Wildman–Crippen LogP) is 3.64. The molecular weight excluding hydrogens is 766 g/mol. The Morgan fingerprint density at radius 1 is 0.915 bits per heavy atom. The number of esters is 1. The number of rotatable bonds is 10. The third kappa shape index (κ3) is 10.3. The minimum Gasteiger partial charge on any atom is -0.458 e. The molecule has 4 aliphatic heterocycles. The van der Waals surface area contributed by atoms with Crippen molar-refractivity contribution in [3.63, 3.8) is 0 Å². The summed E-state index contributed by atoms with van der Waals surface area (Å²) in [5.41, 5.74) is 1.91. The van der Waals surface area contributed by atoms with Gasteiger partial charge < -0.3 is 58.7 Å². The lowest BCUT2D eigenvalue weighted by molar-refractivity contribution is -0.319. The van der Waals surface area contributed by atoms with Crippen LogP contribution >= 0.6 is 0 Å². The molecule has 0 aromatic carbocycles. The summed E-state index contributed by atoms with van der Waals surface area (Å²) in [5, 5.41) is 22.8. The second-order valence-corrected chi connectivity index (χ2v) is 19.6. The molecule has 4 heterocycles. The third-order valence-corrected chi connectivity index (χ3v) is 13.7. The topological polar surface area (TPSA) is 198 Å². The van der Waals surface area contributed by atoms with Crippen LogP contribution in [0.2, 0.25) is 0 Å². The predicted molar refractivity (Wildman–Crippen MR) is 218 cm³/mol. The summed E-state index contributed by atoms with van der Waals surface area (Å²) in [7, 11) is 6.84. The summed E-state index contributed by atoms with van der Waals surface area (Å²) in [6.45, 7) is 21.7. The Balaban J connectivity index is 1.92.